The van der Waals surface area contributed by atoms with Crippen molar-refractivity contribution >= 4 is 11.9 Å². The Morgan fingerprint density at radius 2 is 2.00 bits per heavy atom. The number of hydrogen-bond acceptors (Lipinski definition) is 5. The summed E-state index contributed by atoms with van der Waals surface area (Å²) in [5, 5.41) is 10.6. The standard InChI is InChI=1S/C16H24N2O5/c1-10-6-7-17(13-5-3-2-4-11(10)13)15(19)9-23-16(20)12-8-14(12)18(21)22/h10-14H,2-9H2,1H3/t10-,11+,12-,13+,14+/m1/s1. The molecule has 1 amide bonds. The van der Waals surface area contributed by atoms with Gasteiger partial charge in [-0.05, 0) is 31.1 Å². The van der Waals surface area contributed by atoms with Crippen LogP contribution in [0.4, 0.5) is 0 Å². The van der Waals surface area contributed by atoms with E-state index >= 15 is 0 Å². The molecule has 7 nitrogen and oxygen atoms in total. The number of esters is 1. The fraction of sp³-hybridized carbons (Fsp3) is 0.875. The van der Waals surface area contributed by atoms with Gasteiger partial charge < -0.3 is 9.64 Å². The quantitative estimate of drug-likeness (QED) is 0.445. The second kappa shape index (κ2) is 6.45. The van der Waals surface area contributed by atoms with E-state index in [2.05, 4.69) is 6.92 Å². The van der Waals surface area contributed by atoms with Gasteiger partial charge in [-0.3, -0.25) is 19.7 Å². The lowest BCUT2D eigenvalue weighted by Gasteiger charge is -2.47. The Morgan fingerprint density at radius 1 is 1.26 bits per heavy atom. The van der Waals surface area contributed by atoms with Crippen molar-refractivity contribution in [2.24, 2.45) is 17.8 Å². The molecule has 0 bridgehead atoms. The second-order valence-corrected chi connectivity index (χ2v) is 7.17. The number of carbonyl (C=O) groups is 2. The van der Waals surface area contributed by atoms with Crippen LogP contribution in [0.15, 0.2) is 0 Å². The Labute approximate surface area is 135 Å². The predicted octanol–water partition coefficient (Wildman–Crippen LogP) is 1.62. The van der Waals surface area contributed by atoms with Crippen molar-refractivity contribution in [1.29, 1.82) is 0 Å². The minimum atomic E-state index is -0.823. The van der Waals surface area contributed by atoms with Crippen LogP contribution < -0.4 is 0 Å². The van der Waals surface area contributed by atoms with Crippen LogP contribution in [0.2, 0.25) is 0 Å². The van der Waals surface area contributed by atoms with Gasteiger partial charge in [-0.15, -0.1) is 0 Å². The molecular formula is C16H24N2O5. The van der Waals surface area contributed by atoms with Gasteiger partial charge >= 0.3 is 5.97 Å². The number of hydrogen-bond donors (Lipinski definition) is 0. The van der Waals surface area contributed by atoms with Crippen molar-refractivity contribution in [2.75, 3.05) is 13.2 Å². The molecule has 3 rings (SSSR count). The predicted molar refractivity (Wildman–Crippen MR) is 81.1 cm³/mol. The lowest BCUT2D eigenvalue weighted by molar-refractivity contribution is -0.497. The van der Waals surface area contributed by atoms with Gasteiger partial charge in [-0.1, -0.05) is 19.8 Å². The summed E-state index contributed by atoms with van der Waals surface area (Å²) < 4.78 is 5.03. The zero-order valence-corrected chi connectivity index (χ0v) is 13.5. The lowest BCUT2D eigenvalue weighted by atomic mass is 9.72. The maximum Gasteiger partial charge on any atom is 0.316 e. The van der Waals surface area contributed by atoms with Crippen LogP contribution in [0, 0.1) is 27.9 Å². The first kappa shape index (κ1) is 16.2. The Balaban J connectivity index is 1.52. The number of carbonyl (C=O) groups excluding carboxylic acids is 2. The maximum absolute atomic E-state index is 12.4. The molecule has 23 heavy (non-hydrogen) atoms. The van der Waals surface area contributed by atoms with E-state index in [-0.39, 0.29) is 25.0 Å². The molecule has 3 aliphatic rings. The number of fused-ring (bicyclic) bond motifs is 1. The summed E-state index contributed by atoms with van der Waals surface area (Å²) in [6.45, 7) is 2.70. The molecule has 2 aliphatic carbocycles. The Morgan fingerprint density at radius 3 is 2.70 bits per heavy atom. The number of piperidine rings is 1. The first-order valence-electron chi connectivity index (χ1n) is 8.58. The van der Waals surface area contributed by atoms with Gasteiger partial charge in [0.25, 0.3) is 5.91 Å². The van der Waals surface area contributed by atoms with Gasteiger partial charge in [0.05, 0.1) is 0 Å². The molecule has 1 aliphatic heterocycles. The van der Waals surface area contributed by atoms with E-state index in [4.69, 9.17) is 4.74 Å². The molecule has 7 heteroatoms. The molecule has 0 spiro atoms. The summed E-state index contributed by atoms with van der Waals surface area (Å²) in [5.41, 5.74) is 0. The Hall–Kier alpha value is -1.66. The van der Waals surface area contributed by atoms with Crippen LogP contribution in [0.1, 0.15) is 45.4 Å². The first-order chi connectivity index (χ1) is 11.0. The zero-order valence-electron chi connectivity index (χ0n) is 13.5. The summed E-state index contributed by atoms with van der Waals surface area (Å²) in [6.07, 6.45) is 5.79. The van der Waals surface area contributed by atoms with Crippen molar-refractivity contribution in [3.8, 4) is 0 Å². The summed E-state index contributed by atoms with van der Waals surface area (Å²) in [4.78, 5) is 36.2. The van der Waals surface area contributed by atoms with Crippen LogP contribution in [-0.2, 0) is 14.3 Å². The number of rotatable bonds is 4. The molecule has 3 fully saturated rings. The highest BCUT2D eigenvalue weighted by atomic mass is 16.6. The highest BCUT2D eigenvalue weighted by Gasteiger charge is 2.54. The van der Waals surface area contributed by atoms with Gasteiger partial charge in [0.2, 0.25) is 6.04 Å². The van der Waals surface area contributed by atoms with Crippen LogP contribution in [0.25, 0.3) is 0 Å². The summed E-state index contributed by atoms with van der Waals surface area (Å²) in [7, 11) is 0. The van der Waals surface area contributed by atoms with Crippen molar-refractivity contribution in [3.05, 3.63) is 10.1 Å². The molecule has 1 saturated heterocycles. The Kier molecular flexibility index (Phi) is 4.55. The summed E-state index contributed by atoms with van der Waals surface area (Å²) >= 11 is 0. The molecule has 128 valence electrons. The lowest BCUT2D eigenvalue weighted by Crippen LogP contribution is -2.53. The number of likely N-dealkylation sites (tertiary alicyclic amines) is 1. The molecule has 0 aromatic heterocycles. The third-order valence-electron chi connectivity index (χ3n) is 5.73. The van der Waals surface area contributed by atoms with Gasteiger partial charge in [-0.2, -0.15) is 0 Å². The Bertz CT molecular complexity index is 509. The molecule has 2 saturated carbocycles. The number of ether oxygens (including phenoxy) is 1. The molecule has 5 atom stereocenters. The zero-order chi connectivity index (χ0) is 16.6. The third kappa shape index (κ3) is 3.33. The molecule has 1 heterocycles. The van der Waals surface area contributed by atoms with E-state index < -0.39 is 22.9 Å². The average Bonchev–Trinajstić information content (AvgIpc) is 3.34. The van der Waals surface area contributed by atoms with E-state index in [1.54, 1.807) is 0 Å². The molecule has 0 unspecified atom stereocenters. The first-order valence-corrected chi connectivity index (χ1v) is 8.58. The molecular weight excluding hydrogens is 300 g/mol. The second-order valence-electron chi connectivity index (χ2n) is 7.17. The largest absolute Gasteiger partial charge is 0.455 e. The van der Waals surface area contributed by atoms with E-state index in [1.165, 1.54) is 12.8 Å². The third-order valence-corrected chi connectivity index (χ3v) is 5.73. The number of nitrogens with zero attached hydrogens (tertiary/aromatic N) is 2. The summed E-state index contributed by atoms with van der Waals surface area (Å²) in [5.74, 6) is -0.230. The normalized spacial score (nSPS) is 36.0. The number of nitro groups is 1. The molecule has 0 aromatic carbocycles. The van der Waals surface area contributed by atoms with E-state index in [9.17, 15) is 19.7 Å². The van der Waals surface area contributed by atoms with Crippen molar-refractivity contribution in [3.63, 3.8) is 0 Å². The monoisotopic (exact) mass is 324 g/mol. The molecule has 0 aromatic rings. The minimum Gasteiger partial charge on any atom is -0.455 e. The fourth-order valence-corrected chi connectivity index (χ4v) is 4.21. The van der Waals surface area contributed by atoms with Crippen LogP contribution in [-0.4, -0.2) is 46.9 Å². The van der Waals surface area contributed by atoms with E-state index in [0.717, 1.165) is 25.8 Å². The van der Waals surface area contributed by atoms with Gasteiger partial charge in [0, 0.05) is 23.9 Å². The van der Waals surface area contributed by atoms with Crippen LogP contribution >= 0.6 is 0 Å². The van der Waals surface area contributed by atoms with Crippen molar-refractivity contribution in [1.82, 2.24) is 4.90 Å². The van der Waals surface area contributed by atoms with Gasteiger partial charge in [0.15, 0.2) is 6.61 Å². The summed E-state index contributed by atoms with van der Waals surface area (Å²) in [6, 6.07) is -0.553. The number of amides is 1. The average molecular weight is 324 g/mol. The molecule has 0 N–H and O–H groups in total. The minimum absolute atomic E-state index is 0.152. The smallest absolute Gasteiger partial charge is 0.316 e. The highest BCUT2D eigenvalue weighted by Crippen LogP contribution is 2.39. The van der Waals surface area contributed by atoms with E-state index in [1.807, 2.05) is 4.90 Å². The molecule has 0 radical (unpaired) electrons. The van der Waals surface area contributed by atoms with Crippen LogP contribution in [0.3, 0.4) is 0 Å². The van der Waals surface area contributed by atoms with E-state index in [0.29, 0.717) is 11.8 Å². The van der Waals surface area contributed by atoms with Gasteiger partial charge in [0.1, 0.15) is 5.92 Å². The van der Waals surface area contributed by atoms with Crippen molar-refractivity contribution < 1.29 is 19.2 Å². The maximum atomic E-state index is 12.4. The fourth-order valence-electron chi connectivity index (χ4n) is 4.21. The van der Waals surface area contributed by atoms with Crippen molar-refractivity contribution in [2.45, 2.75) is 57.5 Å². The van der Waals surface area contributed by atoms with Gasteiger partial charge in [-0.25, -0.2) is 0 Å². The topological polar surface area (TPSA) is 89.8 Å². The highest BCUT2D eigenvalue weighted by molar-refractivity contribution is 5.83. The van der Waals surface area contributed by atoms with Crippen LogP contribution in [0.5, 0.6) is 0 Å². The SMILES string of the molecule is C[C@@H]1CCN(C(=O)COC(=O)[C@@H]2C[C@@H]2[N+](=O)[O-])[C@H]2CCCC[C@@H]12.